The molecule has 3 heteroatoms. The number of rotatable bonds is 6. The van der Waals surface area contributed by atoms with Crippen molar-refractivity contribution in [3.8, 4) is 0 Å². The summed E-state index contributed by atoms with van der Waals surface area (Å²) in [5.41, 5.74) is 0. The van der Waals surface area contributed by atoms with Crippen molar-refractivity contribution in [3.05, 3.63) is 0 Å². The Balaban J connectivity index is 2.19. The molecule has 0 aromatic carbocycles. The zero-order chi connectivity index (χ0) is 11.3. The molecule has 0 aliphatic carbocycles. The molecule has 0 amide bonds. The molecule has 0 spiro atoms. The molecule has 0 aromatic heterocycles. The first-order chi connectivity index (χ1) is 7.13. The summed E-state index contributed by atoms with van der Waals surface area (Å²) < 4.78 is 0. The summed E-state index contributed by atoms with van der Waals surface area (Å²) in [6, 6.07) is 0.789. The van der Waals surface area contributed by atoms with Crippen molar-refractivity contribution in [3.63, 3.8) is 0 Å². The second-order valence-corrected chi connectivity index (χ2v) is 5.16. The molecule has 90 valence electrons. The van der Waals surface area contributed by atoms with Gasteiger partial charge in [-0.05, 0) is 53.0 Å². The van der Waals surface area contributed by atoms with Crippen LogP contribution in [0.15, 0.2) is 0 Å². The van der Waals surface area contributed by atoms with Gasteiger partial charge in [0.2, 0.25) is 0 Å². The van der Waals surface area contributed by atoms with Crippen molar-refractivity contribution in [2.75, 3.05) is 47.3 Å². The molecule has 1 N–H and O–H groups in total. The van der Waals surface area contributed by atoms with Crippen LogP contribution in [0.5, 0.6) is 0 Å². The Morgan fingerprint density at radius 3 is 2.80 bits per heavy atom. The molecule has 0 bridgehead atoms. The minimum atomic E-state index is 0.742. The van der Waals surface area contributed by atoms with Gasteiger partial charge in [0.25, 0.3) is 0 Å². The standard InChI is InChI=1S/C12H27N3/c1-11(8-13-2)9-14(3)10-12-6-5-7-15(12)4/h11-13H,5-10H2,1-4H3. The van der Waals surface area contributed by atoms with Crippen LogP contribution in [0.25, 0.3) is 0 Å². The van der Waals surface area contributed by atoms with Crippen LogP contribution in [0.4, 0.5) is 0 Å². The number of likely N-dealkylation sites (N-methyl/N-ethyl adjacent to an activating group) is 2. The average Bonchev–Trinajstić information content (AvgIpc) is 2.52. The number of hydrogen-bond acceptors (Lipinski definition) is 3. The summed E-state index contributed by atoms with van der Waals surface area (Å²) in [5.74, 6) is 0.742. The predicted octanol–water partition coefficient (Wildman–Crippen LogP) is 0.868. The minimum absolute atomic E-state index is 0.742. The highest BCUT2D eigenvalue weighted by atomic mass is 15.2. The van der Waals surface area contributed by atoms with E-state index in [9.17, 15) is 0 Å². The lowest BCUT2D eigenvalue weighted by molar-refractivity contribution is 0.202. The van der Waals surface area contributed by atoms with Gasteiger partial charge in [-0.3, -0.25) is 0 Å². The number of hydrogen-bond donors (Lipinski definition) is 1. The Morgan fingerprint density at radius 2 is 2.27 bits per heavy atom. The van der Waals surface area contributed by atoms with E-state index in [1.165, 1.54) is 32.5 Å². The number of nitrogens with one attached hydrogen (secondary N) is 1. The predicted molar refractivity (Wildman–Crippen MR) is 66.2 cm³/mol. The van der Waals surface area contributed by atoms with Crippen LogP contribution in [-0.4, -0.2) is 63.2 Å². The van der Waals surface area contributed by atoms with Crippen molar-refractivity contribution in [1.82, 2.24) is 15.1 Å². The van der Waals surface area contributed by atoms with E-state index in [2.05, 4.69) is 36.1 Å². The summed E-state index contributed by atoms with van der Waals surface area (Å²) in [4.78, 5) is 4.98. The van der Waals surface area contributed by atoms with Crippen LogP contribution >= 0.6 is 0 Å². The summed E-state index contributed by atoms with van der Waals surface area (Å²) in [6.07, 6.45) is 2.75. The Labute approximate surface area is 94.8 Å². The molecule has 15 heavy (non-hydrogen) atoms. The topological polar surface area (TPSA) is 18.5 Å². The fourth-order valence-electron chi connectivity index (χ4n) is 2.59. The van der Waals surface area contributed by atoms with Crippen LogP contribution in [0.1, 0.15) is 19.8 Å². The second kappa shape index (κ2) is 6.46. The van der Waals surface area contributed by atoms with Crippen LogP contribution < -0.4 is 5.32 Å². The van der Waals surface area contributed by atoms with Gasteiger partial charge in [0, 0.05) is 19.1 Å². The third-order valence-electron chi connectivity index (χ3n) is 3.37. The van der Waals surface area contributed by atoms with E-state index in [0.717, 1.165) is 18.5 Å². The zero-order valence-electron chi connectivity index (χ0n) is 10.8. The normalized spacial score (nSPS) is 25.0. The van der Waals surface area contributed by atoms with Crippen molar-refractivity contribution in [1.29, 1.82) is 0 Å². The van der Waals surface area contributed by atoms with E-state index in [4.69, 9.17) is 0 Å². The van der Waals surface area contributed by atoms with Gasteiger partial charge in [-0.15, -0.1) is 0 Å². The molecule has 0 saturated carbocycles. The largest absolute Gasteiger partial charge is 0.319 e. The van der Waals surface area contributed by atoms with Crippen molar-refractivity contribution < 1.29 is 0 Å². The summed E-state index contributed by atoms with van der Waals surface area (Å²) in [5, 5.41) is 3.24. The molecule has 3 nitrogen and oxygen atoms in total. The Hall–Kier alpha value is -0.120. The highest BCUT2D eigenvalue weighted by Gasteiger charge is 2.22. The van der Waals surface area contributed by atoms with Crippen molar-refractivity contribution in [2.24, 2.45) is 5.92 Å². The van der Waals surface area contributed by atoms with Crippen LogP contribution in [-0.2, 0) is 0 Å². The van der Waals surface area contributed by atoms with Gasteiger partial charge >= 0.3 is 0 Å². The van der Waals surface area contributed by atoms with Gasteiger partial charge in [-0.25, -0.2) is 0 Å². The maximum atomic E-state index is 3.24. The van der Waals surface area contributed by atoms with Crippen molar-refractivity contribution >= 4 is 0 Å². The SMILES string of the molecule is CNCC(C)CN(C)CC1CCCN1C. The monoisotopic (exact) mass is 213 g/mol. The second-order valence-electron chi connectivity index (χ2n) is 5.16. The minimum Gasteiger partial charge on any atom is -0.319 e. The molecule has 1 saturated heterocycles. The molecule has 1 heterocycles. The van der Waals surface area contributed by atoms with Gasteiger partial charge in [0.05, 0.1) is 0 Å². The van der Waals surface area contributed by atoms with Crippen LogP contribution in [0.2, 0.25) is 0 Å². The molecule has 1 fully saturated rings. The first kappa shape index (κ1) is 12.9. The van der Waals surface area contributed by atoms with E-state index in [1.807, 2.05) is 7.05 Å². The molecular weight excluding hydrogens is 186 g/mol. The molecule has 1 rings (SSSR count). The molecular formula is C12H27N3. The van der Waals surface area contributed by atoms with Crippen LogP contribution in [0.3, 0.4) is 0 Å². The van der Waals surface area contributed by atoms with E-state index in [-0.39, 0.29) is 0 Å². The number of likely N-dealkylation sites (tertiary alicyclic amines) is 1. The van der Waals surface area contributed by atoms with Crippen LogP contribution in [0, 0.1) is 5.92 Å². The molecule has 2 atom stereocenters. The zero-order valence-corrected chi connectivity index (χ0v) is 10.8. The molecule has 1 aliphatic rings. The van der Waals surface area contributed by atoms with Gasteiger partial charge in [-0.1, -0.05) is 6.92 Å². The lowest BCUT2D eigenvalue weighted by Gasteiger charge is -2.27. The van der Waals surface area contributed by atoms with E-state index >= 15 is 0 Å². The van der Waals surface area contributed by atoms with Crippen molar-refractivity contribution in [2.45, 2.75) is 25.8 Å². The molecule has 0 aromatic rings. The van der Waals surface area contributed by atoms with E-state index in [0.29, 0.717) is 0 Å². The first-order valence-corrected chi connectivity index (χ1v) is 6.17. The highest BCUT2D eigenvalue weighted by Crippen LogP contribution is 2.15. The third kappa shape index (κ3) is 4.49. The lowest BCUT2D eigenvalue weighted by Crippen LogP contribution is -2.39. The smallest absolute Gasteiger partial charge is 0.0220 e. The maximum absolute atomic E-state index is 3.24. The highest BCUT2D eigenvalue weighted by molar-refractivity contribution is 4.79. The van der Waals surface area contributed by atoms with Gasteiger partial charge in [0.1, 0.15) is 0 Å². The molecule has 1 aliphatic heterocycles. The Kier molecular flexibility index (Phi) is 5.58. The third-order valence-corrected chi connectivity index (χ3v) is 3.37. The summed E-state index contributed by atoms with van der Waals surface area (Å²) in [7, 11) is 6.53. The average molecular weight is 213 g/mol. The quantitative estimate of drug-likeness (QED) is 0.706. The van der Waals surface area contributed by atoms with Gasteiger partial charge in [0.15, 0.2) is 0 Å². The summed E-state index contributed by atoms with van der Waals surface area (Å²) >= 11 is 0. The van der Waals surface area contributed by atoms with Gasteiger partial charge < -0.3 is 15.1 Å². The summed E-state index contributed by atoms with van der Waals surface area (Å²) in [6.45, 7) is 7.14. The fraction of sp³-hybridized carbons (Fsp3) is 1.00. The lowest BCUT2D eigenvalue weighted by atomic mass is 10.1. The number of nitrogens with zero attached hydrogens (tertiary/aromatic N) is 2. The molecule has 2 unspecified atom stereocenters. The maximum Gasteiger partial charge on any atom is 0.0220 e. The van der Waals surface area contributed by atoms with E-state index < -0.39 is 0 Å². The fourth-order valence-corrected chi connectivity index (χ4v) is 2.59. The Morgan fingerprint density at radius 1 is 1.53 bits per heavy atom. The van der Waals surface area contributed by atoms with E-state index in [1.54, 1.807) is 0 Å². The van der Waals surface area contributed by atoms with Gasteiger partial charge in [-0.2, -0.15) is 0 Å². The Bertz CT molecular complexity index is 172. The molecule has 0 radical (unpaired) electrons. The first-order valence-electron chi connectivity index (χ1n) is 6.17.